The SMILES string of the molecule is CCC(CC1CC1)Nc1ccc(N)c(OC(C)C)c1. The average molecular weight is 262 g/mol. The molecule has 106 valence electrons. The van der Waals surface area contributed by atoms with Gasteiger partial charge in [-0.3, -0.25) is 0 Å². The highest BCUT2D eigenvalue weighted by Crippen LogP contribution is 2.35. The van der Waals surface area contributed by atoms with Crippen LogP contribution < -0.4 is 15.8 Å². The molecule has 0 spiro atoms. The van der Waals surface area contributed by atoms with E-state index in [4.69, 9.17) is 10.5 Å². The number of ether oxygens (including phenoxy) is 1. The van der Waals surface area contributed by atoms with Crippen LogP contribution in [0.3, 0.4) is 0 Å². The second kappa shape index (κ2) is 6.18. The van der Waals surface area contributed by atoms with Crippen LogP contribution in [0.4, 0.5) is 11.4 Å². The topological polar surface area (TPSA) is 47.3 Å². The molecule has 0 radical (unpaired) electrons. The fourth-order valence-electron chi connectivity index (χ4n) is 2.30. The van der Waals surface area contributed by atoms with Crippen LogP contribution in [0.1, 0.15) is 46.5 Å². The van der Waals surface area contributed by atoms with Crippen molar-refractivity contribution in [3.05, 3.63) is 18.2 Å². The van der Waals surface area contributed by atoms with E-state index in [0.29, 0.717) is 11.7 Å². The molecule has 0 heterocycles. The van der Waals surface area contributed by atoms with Gasteiger partial charge >= 0.3 is 0 Å². The Morgan fingerprint density at radius 2 is 2.11 bits per heavy atom. The molecule has 19 heavy (non-hydrogen) atoms. The Labute approximate surface area is 116 Å². The predicted octanol–water partition coefficient (Wildman–Crippen LogP) is 4.05. The number of nitrogens with one attached hydrogen (secondary N) is 1. The van der Waals surface area contributed by atoms with E-state index in [9.17, 15) is 0 Å². The number of hydrogen-bond donors (Lipinski definition) is 2. The Hall–Kier alpha value is -1.38. The molecule has 1 aromatic carbocycles. The van der Waals surface area contributed by atoms with Crippen LogP contribution in [0.15, 0.2) is 18.2 Å². The third-order valence-corrected chi connectivity index (χ3v) is 3.55. The maximum absolute atomic E-state index is 5.94. The molecule has 1 unspecified atom stereocenters. The van der Waals surface area contributed by atoms with Crippen LogP contribution in [0.25, 0.3) is 0 Å². The molecule has 1 fully saturated rings. The lowest BCUT2D eigenvalue weighted by Gasteiger charge is -2.20. The normalized spacial score (nSPS) is 16.4. The second-order valence-corrected chi connectivity index (χ2v) is 5.85. The van der Waals surface area contributed by atoms with Crippen LogP contribution in [0, 0.1) is 5.92 Å². The molecule has 1 saturated carbocycles. The molecule has 0 bridgehead atoms. The molecule has 1 atom stereocenters. The molecule has 0 aromatic heterocycles. The van der Waals surface area contributed by atoms with Crippen molar-refractivity contribution in [2.24, 2.45) is 5.92 Å². The summed E-state index contributed by atoms with van der Waals surface area (Å²) in [6, 6.07) is 6.54. The van der Waals surface area contributed by atoms with Crippen molar-refractivity contribution in [3.63, 3.8) is 0 Å². The molecule has 3 nitrogen and oxygen atoms in total. The third kappa shape index (κ3) is 4.34. The van der Waals surface area contributed by atoms with Crippen molar-refractivity contribution in [2.45, 2.75) is 58.6 Å². The maximum Gasteiger partial charge on any atom is 0.144 e. The monoisotopic (exact) mass is 262 g/mol. The summed E-state index contributed by atoms with van der Waals surface area (Å²) in [5.74, 6) is 1.72. The first-order valence-electron chi connectivity index (χ1n) is 7.41. The van der Waals surface area contributed by atoms with Crippen LogP contribution in [-0.4, -0.2) is 12.1 Å². The van der Waals surface area contributed by atoms with Gasteiger partial charge in [0.15, 0.2) is 0 Å². The summed E-state index contributed by atoms with van der Waals surface area (Å²) in [5, 5.41) is 3.61. The van der Waals surface area contributed by atoms with Gasteiger partial charge in [-0.25, -0.2) is 0 Å². The zero-order valence-corrected chi connectivity index (χ0v) is 12.3. The quantitative estimate of drug-likeness (QED) is 0.729. The lowest BCUT2D eigenvalue weighted by atomic mass is 10.1. The number of rotatable bonds is 7. The lowest BCUT2D eigenvalue weighted by molar-refractivity contribution is 0.244. The van der Waals surface area contributed by atoms with Gasteiger partial charge in [-0.1, -0.05) is 19.8 Å². The average Bonchev–Trinajstić information content (AvgIpc) is 3.16. The predicted molar refractivity (Wildman–Crippen MR) is 81.7 cm³/mol. The van der Waals surface area contributed by atoms with E-state index >= 15 is 0 Å². The minimum absolute atomic E-state index is 0.144. The van der Waals surface area contributed by atoms with Crippen molar-refractivity contribution in [1.29, 1.82) is 0 Å². The summed E-state index contributed by atoms with van der Waals surface area (Å²) in [6.07, 6.45) is 5.39. The molecule has 0 aliphatic heterocycles. The van der Waals surface area contributed by atoms with E-state index in [1.54, 1.807) is 0 Å². The first-order chi connectivity index (χ1) is 9.08. The highest BCUT2D eigenvalue weighted by atomic mass is 16.5. The molecule has 1 aromatic rings. The van der Waals surface area contributed by atoms with Crippen molar-refractivity contribution in [2.75, 3.05) is 11.1 Å². The first-order valence-corrected chi connectivity index (χ1v) is 7.41. The Bertz CT molecular complexity index is 413. The highest BCUT2D eigenvalue weighted by molar-refractivity contribution is 5.61. The fourth-order valence-corrected chi connectivity index (χ4v) is 2.30. The van der Waals surface area contributed by atoms with Crippen molar-refractivity contribution in [1.82, 2.24) is 0 Å². The van der Waals surface area contributed by atoms with Gasteiger partial charge in [0.25, 0.3) is 0 Å². The number of hydrogen-bond acceptors (Lipinski definition) is 3. The molecule has 1 aliphatic rings. The number of anilines is 2. The van der Waals surface area contributed by atoms with Gasteiger partial charge in [0.05, 0.1) is 11.8 Å². The summed E-state index contributed by atoms with van der Waals surface area (Å²) in [6.45, 7) is 6.27. The molecule has 1 aliphatic carbocycles. The van der Waals surface area contributed by atoms with Gasteiger partial charge < -0.3 is 15.8 Å². The van der Waals surface area contributed by atoms with Gasteiger partial charge in [-0.05, 0) is 44.7 Å². The Morgan fingerprint density at radius 1 is 1.37 bits per heavy atom. The highest BCUT2D eigenvalue weighted by Gasteiger charge is 2.24. The zero-order valence-electron chi connectivity index (χ0n) is 12.3. The molecule has 0 amide bonds. The first kappa shape index (κ1) is 14.0. The Kier molecular flexibility index (Phi) is 4.56. The minimum Gasteiger partial charge on any atom is -0.489 e. The minimum atomic E-state index is 0.144. The lowest BCUT2D eigenvalue weighted by Crippen LogP contribution is -2.19. The van der Waals surface area contributed by atoms with Crippen molar-refractivity contribution >= 4 is 11.4 Å². The van der Waals surface area contributed by atoms with E-state index in [1.165, 1.54) is 19.3 Å². The van der Waals surface area contributed by atoms with E-state index in [2.05, 4.69) is 12.2 Å². The smallest absolute Gasteiger partial charge is 0.144 e. The Morgan fingerprint density at radius 3 is 2.68 bits per heavy atom. The van der Waals surface area contributed by atoms with Gasteiger partial charge in [0.1, 0.15) is 5.75 Å². The number of nitrogen functional groups attached to an aromatic ring is 1. The maximum atomic E-state index is 5.94. The van der Waals surface area contributed by atoms with Gasteiger partial charge in [-0.2, -0.15) is 0 Å². The van der Waals surface area contributed by atoms with Gasteiger partial charge in [0.2, 0.25) is 0 Å². The molecular formula is C16H26N2O. The van der Waals surface area contributed by atoms with Crippen LogP contribution in [0.5, 0.6) is 5.75 Å². The molecule has 3 heteroatoms. The molecule has 3 N–H and O–H groups in total. The van der Waals surface area contributed by atoms with Crippen LogP contribution in [0.2, 0.25) is 0 Å². The molecule has 0 saturated heterocycles. The number of benzene rings is 1. The van der Waals surface area contributed by atoms with Crippen LogP contribution in [-0.2, 0) is 0 Å². The summed E-state index contributed by atoms with van der Waals surface area (Å²) >= 11 is 0. The standard InChI is InChI=1S/C16H26N2O/c1-4-13(9-12-5-6-12)18-14-7-8-15(17)16(10-14)19-11(2)3/h7-8,10-13,18H,4-6,9,17H2,1-3H3. The zero-order chi connectivity index (χ0) is 13.8. The van der Waals surface area contributed by atoms with E-state index in [1.807, 2.05) is 32.0 Å². The van der Waals surface area contributed by atoms with Gasteiger partial charge in [-0.15, -0.1) is 0 Å². The van der Waals surface area contributed by atoms with Crippen molar-refractivity contribution < 1.29 is 4.74 Å². The van der Waals surface area contributed by atoms with Crippen LogP contribution >= 0.6 is 0 Å². The fraction of sp³-hybridized carbons (Fsp3) is 0.625. The molecular weight excluding hydrogens is 236 g/mol. The summed E-state index contributed by atoms with van der Waals surface area (Å²) in [4.78, 5) is 0. The number of nitrogens with two attached hydrogens (primary N) is 1. The Balaban J connectivity index is 2.01. The van der Waals surface area contributed by atoms with E-state index in [-0.39, 0.29) is 6.10 Å². The van der Waals surface area contributed by atoms with Gasteiger partial charge in [0, 0.05) is 17.8 Å². The molecule has 2 rings (SSSR count). The van der Waals surface area contributed by atoms with E-state index in [0.717, 1.165) is 23.8 Å². The summed E-state index contributed by atoms with van der Waals surface area (Å²) in [5.41, 5.74) is 7.75. The second-order valence-electron chi connectivity index (χ2n) is 5.85. The third-order valence-electron chi connectivity index (χ3n) is 3.55. The summed E-state index contributed by atoms with van der Waals surface area (Å²) < 4.78 is 5.73. The summed E-state index contributed by atoms with van der Waals surface area (Å²) in [7, 11) is 0. The van der Waals surface area contributed by atoms with E-state index < -0.39 is 0 Å². The largest absolute Gasteiger partial charge is 0.489 e. The van der Waals surface area contributed by atoms with Crippen molar-refractivity contribution in [3.8, 4) is 5.75 Å².